The summed E-state index contributed by atoms with van der Waals surface area (Å²) in [7, 11) is 0. The zero-order chi connectivity index (χ0) is 9.69. The fourth-order valence-electron chi connectivity index (χ4n) is 4.24. The van der Waals surface area contributed by atoms with Crippen molar-refractivity contribution in [3.8, 4) is 0 Å². The maximum atomic E-state index is 2.46. The zero-order valence-electron chi connectivity index (χ0n) is 9.69. The van der Waals surface area contributed by atoms with E-state index < -0.39 is 0 Å². The van der Waals surface area contributed by atoms with E-state index in [0.29, 0.717) is 10.8 Å². The molecule has 2 bridgehead atoms. The molecule has 0 unspecified atom stereocenters. The molecule has 0 saturated heterocycles. The summed E-state index contributed by atoms with van der Waals surface area (Å²) in [6.45, 7) is 9.85. The molecule has 2 saturated carbocycles. The molecule has 13 heavy (non-hydrogen) atoms. The monoisotopic (exact) mass is 180 g/mol. The van der Waals surface area contributed by atoms with Crippen molar-refractivity contribution in [2.45, 2.75) is 59.8 Å². The average molecular weight is 180 g/mol. The SMILES string of the molecule is CC1(C)CC2CC(C1)CC(C)(C)C2. The Balaban J connectivity index is 2.10. The fraction of sp³-hybridized carbons (Fsp3) is 1.00. The van der Waals surface area contributed by atoms with Gasteiger partial charge in [0.15, 0.2) is 0 Å². The average Bonchev–Trinajstić information content (AvgIpc) is 1.75. The summed E-state index contributed by atoms with van der Waals surface area (Å²) < 4.78 is 0. The van der Waals surface area contributed by atoms with Crippen LogP contribution in [0.15, 0.2) is 0 Å². The van der Waals surface area contributed by atoms with Gasteiger partial charge in [-0.05, 0) is 54.8 Å². The van der Waals surface area contributed by atoms with E-state index in [9.17, 15) is 0 Å². The Morgan fingerprint density at radius 2 is 1.00 bits per heavy atom. The van der Waals surface area contributed by atoms with Gasteiger partial charge in [-0.2, -0.15) is 0 Å². The molecule has 0 heterocycles. The second-order valence-electron chi connectivity index (χ2n) is 7.11. The van der Waals surface area contributed by atoms with Gasteiger partial charge in [0.1, 0.15) is 0 Å². The Kier molecular flexibility index (Phi) is 2.02. The molecule has 0 aromatic rings. The summed E-state index contributed by atoms with van der Waals surface area (Å²) in [5.41, 5.74) is 1.29. The molecule has 0 aromatic heterocycles. The van der Waals surface area contributed by atoms with Gasteiger partial charge in [0.25, 0.3) is 0 Å². The molecule has 0 heteroatoms. The van der Waals surface area contributed by atoms with Gasteiger partial charge in [-0.15, -0.1) is 0 Å². The first kappa shape index (κ1) is 9.55. The van der Waals surface area contributed by atoms with Crippen molar-refractivity contribution in [1.29, 1.82) is 0 Å². The quantitative estimate of drug-likeness (QED) is 0.523. The number of fused-ring (bicyclic) bond motifs is 2. The lowest BCUT2D eigenvalue weighted by Gasteiger charge is -2.49. The predicted molar refractivity (Wildman–Crippen MR) is 57.6 cm³/mol. The van der Waals surface area contributed by atoms with Gasteiger partial charge in [0.05, 0.1) is 0 Å². The maximum absolute atomic E-state index is 2.46. The lowest BCUT2D eigenvalue weighted by atomic mass is 9.56. The third kappa shape index (κ3) is 2.08. The van der Waals surface area contributed by atoms with Crippen molar-refractivity contribution in [2.24, 2.45) is 22.7 Å². The Labute approximate surface area is 83.1 Å². The standard InChI is InChI=1S/C13H24/c1-12(2)6-10-5-11(7-12)9-13(3,4)8-10/h10-11H,5-9H2,1-4H3. The zero-order valence-corrected chi connectivity index (χ0v) is 9.69. The minimum atomic E-state index is 0.643. The molecule has 2 fully saturated rings. The third-order valence-electron chi connectivity index (χ3n) is 4.03. The number of rotatable bonds is 0. The molecule has 0 N–H and O–H groups in total. The first-order chi connectivity index (χ1) is 5.86. The Hall–Kier alpha value is 0. The summed E-state index contributed by atoms with van der Waals surface area (Å²) in [6.07, 6.45) is 7.45. The van der Waals surface area contributed by atoms with Crippen LogP contribution in [0.25, 0.3) is 0 Å². The van der Waals surface area contributed by atoms with E-state index in [2.05, 4.69) is 27.7 Å². The van der Waals surface area contributed by atoms with E-state index in [0.717, 1.165) is 11.8 Å². The molecule has 0 spiro atoms. The van der Waals surface area contributed by atoms with Gasteiger partial charge in [0, 0.05) is 0 Å². The lowest BCUT2D eigenvalue weighted by Crippen LogP contribution is -2.38. The van der Waals surface area contributed by atoms with Crippen LogP contribution in [0.5, 0.6) is 0 Å². The molecule has 0 atom stereocenters. The molecule has 2 aliphatic carbocycles. The van der Waals surface area contributed by atoms with Gasteiger partial charge in [0.2, 0.25) is 0 Å². The Morgan fingerprint density at radius 3 is 1.31 bits per heavy atom. The molecule has 0 radical (unpaired) electrons. The minimum Gasteiger partial charge on any atom is -0.0599 e. The van der Waals surface area contributed by atoms with Crippen LogP contribution < -0.4 is 0 Å². The third-order valence-corrected chi connectivity index (χ3v) is 4.03. The first-order valence-electron chi connectivity index (χ1n) is 5.86. The second-order valence-corrected chi connectivity index (χ2v) is 7.11. The van der Waals surface area contributed by atoms with E-state index in [4.69, 9.17) is 0 Å². The van der Waals surface area contributed by atoms with Crippen molar-refractivity contribution in [3.05, 3.63) is 0 Å². The molecule has 0 amide bonds. The normalized spacial score (nSPS) is 41.5. The summed E-state index contributed by atoms with van der Waals surface area (Å²) >= 11 is 0. The van der Waals surface area contributed by atoms with Crippen LogP contribution >= 0.6 is 0 Å². The highest BCUT2D eigenvalue weighted by atomic mass is 14.5. The van der Waals surface area contributed by atoms with Gasteiger partial charge in [-0.25, -0.2) is 0 Å². The highest BCUT2D eigenvalue weighted by molar-refractivity contribution is 4.93. The largest absolute Gasteiger partial charge is 0.0599 e. The summed E-state index contributed by atoms with van der Waals surface area (Å²) in [6, 6.07) is 0. The van der Waals surface area contributed by atoms with Crippen molar-refractivity contribution >= 4 is 0 Å². The summed E-state index contributed by atoms with van der Waals surface area (Å²) in [5.74, 6) is 2.08. The molecule has 2 aliphatic rings. The first-order valence-corrected chi connectivity index (χ1v) is 5.86. The molecule has 2 rings (SSSR count). The summed E-state index contributed by atoms with van der Waals surface area (Å²) in [5, 5.41) is 0. The highest BCUT2D eigenvalue weighted by Crippen LogP contribution is 2.53. The van der Waals surface area contributed by atoms with Crippen LogP contribution in [0.1, 0.15) is 59.8 Å². The van der Waals surface area contributed by atoms with Gasteiger partial charge in [-0.1, -0.05) is 27.7 Å². The van der Waals surface area contributed by atoms with Crippen LogP contribution in [0.3, 0.4) is 0 Å². The molecule has 0 aliphatic heterocycles. The van der Waals surface area contributed by atoms with Crippen LogP contribution in [0.2, 0.25) is 0 Å². The van der Waals surface area contributed by atoms with Gasteiger partial charge < -0.3 is 0 Å². The highest BCUT2D eigenvalue weighted by Gasteiger charge is 2.42. The van der Waals surface area contributed by atoms with E-state index >= 15 is 0 Å². The van der Waals surface area contributed by atoms with Crippen LogP contribution in [0, 0.1) is 22.7 Å². The van der Waals surface area contributed by atoms with Gasteiger partial charge in [-0.3, -0.25) is 0 Å². The fourth-order valence-corrected chi connectivity index (χ4v) is 4.24. The van der Waals surface area contributed by atoms with Crippen molar-refractivity contribution in [2.75, 3.05) is 0 Å². The Morgan fingerprint density at radius 1 is 0.692 bits per heavy atom. The van der Waals surface area contributed by atoms with E-state index in [1.54, 1.807) is 0 Å². The topological polar surface area (TPSA) is 0 Å². The number of hydrogen-bond acceptors (Lipinski definition) is 0. The molecule has 76 valence electrons. The maximum Gasteiger partial charge on any atom is -0.0349 e. The molecular formula is C13H24. The van der Waals surface area contributed by atoms with Crippen molar-refractivity contribution in [3.63, 3.8) is 0 Å². The van der Waals surface area contributed by atoms with Crippen LogP contribution in [-0.4, -0.2) is 0 Å². The second kappa shape index (κ2) is 2.74. The molecule has 0 nitrogen and oxygen atoms in total. The van der Waals surface area contributed by atoms with Gasteiger partial charge >= 0.3 is 0 Å². The lowest BCUT2D eigenvalue weighted by molar-refractivity contribution is 0.0200. The van der Waals surface area contributed by atoms with E-state index in [1.807, 2.05) is 0 Å². The Bertz CT molecular complexity index is 162. The predicted octanol–water partition coefficient (Wildman–Crippen LogP) is 4.25. The summed E-state index contributed by atoms with van der Waals surface area (Å²) in [4.78, 5) is 0. The molecular weight excluding hydrogens is 156 g/mol. The number of hydrogen-bond donors (Lipinski definition) is 0. The minimum absolute atomic E-state index is 0.643. The van der Waals surface area contributed by atoms with Crippen molar-refractivity contribution in [1.82, 2.24) is 0 Å². The van der Waals surface area contributed by atoms with E-state index in [-0.39, 0.29) is 0 Å². The smallest absolute Gasteiger partial charge is 0.0349 e. The molecule has 0 aromatic carbocycles. The van der Waals surface area contributed by atoms with Crippen molar-refractivity contribution < 1.29 is 0 Å². The van der Waals surface area contributed by atoms with Crippen LogP contribution in [0.4, 0.5) is 0 Å². The van der Waals surface area contributed by atoms with Crippen LogP contribution in [-0.2, 0) is 0 Å². The van der Waals surface area contributed by atoms with E-state index in [1.165, 1.54) is 32.1 Å².